The van der Waals surface area contributed by atoms with Crippen molar-refractivity contribution in [2.24, 2.45) is 10.2 Å². The first-order chi connectivity index (χ1) is 11.4. The summed E-state index contributed by atoms with van der Waals surface area (Å²) in [7, 11) is 3.00. The quantitative estimate of drug-likeness (QED) is 0.474. The fourth-order valence-electron chi connectivity index (χ4n) is 1.45. The Kier molecular flexibility index (Phi) is 5.27. The molecule has 0 atom stereocenters. The molecule has 1 aromatic heterocycles. The van der Waals surface area contributed by atoms with E-state index in [1.165, 1.54) is 31.1 Å². The van der Waals surface area contributed by atoms with E-state index >= 15 is 0 Å². The van der Waals surface area contributed by atoms with Crippen molar-refractivity contribution in [1.82, 2.24) is 9.88 Å². The first-order valence-corrected chi connectivity index (χ1v) is 7.24. The molecule has 24 heavy (non-hydrogen) atoms. The molecular formula is C13H11N5O5S. The van der Waals surface area contributed by atoms with Gasteiger partial charge in [0.15, 0.2) is 0 Å². The molecule has 2 amide bonds. The summed E-state index contributed by atoms with van der Waals surface area (Å²) in [5.41, 5.74) is 0.0301. The van der Waals surface area contributed by atoms with E-state index in [2.05, 4.69) is 15.2 Å². The van der Waals surface area contributed by atoms with Gasteiger partial charge in [-0.3, -0.25) is 14.9 Å². The molecule has 0 bridgehead atoms. The van der Waals surface area contributed by atoms with Crippen molar-refractivity contribution in [1.29, 1.82) is 0 Å². The van der Waals surface area contributed by atoms with E-state index in [0.29, 0.717) is 11.3 Å². The number of rotatable bonds is 4. The average Bonchev–Trinajstić information content (AvgIpc) is 3.02. The van der Waals surface area contributed by atoms with Crippen molar-refractivity contribution >= 4 is 33.5 Å². The SMILES string of the molecule is CN(C)C(=O)Oc1ccccc1C(=O)N=Nc1ncc([N+](=O)[O-])s1. The normalized spacial score (nSPS) is 10.6. The molecule has 0 aliphatic rings. The number of carbonyl (C=O) groups is 2. The number of benzene rings is 1. The Hall–Kier alpha value is -3.21. The fourth-order valence-corrected chi connectivity index (χ4v) is 2.00. The first-order valence-electron chi connectivity index (χ1n) is 6.43. The van der Waals surface area contributed by atoms with Crippen LogP contribution in [0, 0.1) is 10.1 Å². The van der Waals surface area contributed by atoms with E-state index in [1.807, 2.05) is 0 Å². The number of nitrogens with zero attached hydrogens (tertiary/aromatic N) is 5. The lowest BCUT2D eigenvalue weighted by atomic mass is 10.2. The number of ether oxygens (including phenoxy) is 1. The van der Waals surface area contributed by atoms with Crippen molar-refractivity contribution in [2.75, 3.05) is 14.1 Å². The van der Waals surface area contributed by atoms with Crippen molar-refractivity contribution in [3.05, 3.63) is 46.1 Å². The summed E-state index contributed by atoms with van der Waals surface area (Å²) in [6, 6.07) is 6.03. The number of amides is 2. The highest BCUT2D eigenvalue weighted by molar-refractivity contribution is 7.18. The van der Waals surface area contributed by atoms with Gasteiger partial charge in [0.1, 0.15) is 11.9 Å². The van der Waals surface area contributed by atoms with Crippen LogP contribution >= 0.6 is 11.3 Å². The van der Waals surface area contributed by atoms with Crippen LogP contribution in [-0.4, -0.2) is 40.9 Å². The summed E-state index contributed by atoms with van der Waals surface area (Å²) in [5.74, 6) is -0.736. The van der Waals surface area contributed by atoms with Crippen LogP contribution in [0.3, 0.4) is 0 Å². The van der Waals surface area contributed by atoms with Crippen LogP contribution < -0.4 is 4.74 Å². The number of thiazole rings is 1. The predicted molar refractivity (Wildman–Crippen MR) is 83.8 cm³/mol. The second-order valence-electron chi connectivity index (χ2n) is 4.50. The van der Waals surface area contributed by atoms with Crippen LogP contribution in [-0.2, 0) is 0 Å². The Bertz CT molecular complexity index is 817. The Morgan fingerprint density at radius 1 is 1.33 bits per heavy atom. The van der Waals surface area contributed by atoms with E-state index < -0.39 is 16.9 Å². The van der Waals surface area contributed by atoms with E-state index in [4.69, 9.17) is 4.74 Å². The van der Waals surface area contributed by atoms with Crippen molar-refractivity contribution < 1.29 is 19.2 Å². The van der Waals surface area contributed by atoms with Gasteiger partial charge in [0.05, 0.1) is 10.5 Å². The third-order valence-electron chi connectivity index (χ3n) is 2.57. The number of nitro groups is 1. The zero-order chi connectivity index (χ0) is 17.7. The lowest BCUT2D eigenvalue weighted by Crippen LogP contribution is -2.25. The molecule has 0 saturated heterocycles. The van der Waals surface area contributed by atoms with Crippen molar-refractivity contribution in [3.63, 3.8) is 0 Å². The summed E-state index contributed by atoms with van der Waals surface area (Å²) in [4.78, 5) is 38.5. The topological polar surface area (TPSA) is 127 Å². The molecule has 0 aliphatic carbocycles. The molecule has 10 nitrogen and oxygen atoms in total. The zero-order valence-corrected chi connectivity index (χ0v) is 13.4. The van der Waals surface area contributed by atoms with Gasteiger partial charge in [0, 0.05) is 14.1 Å². The molecule has 1 aromatic carbocycles. The molecule has 0 radical (unpaired) electrons. The van der Waals surface area contributed by atoms with Gasteiger partial charge in [-0.25, -0.2) is 9.78 Å². The summed E-state index contributed by atoms with van der Waals surface area (Å²) in [5, 5.41) is 17.3. The highest BCUT2D eigenvalue weighted by Crippen LogP contribution is 2.28. The number of carbonyl (C=O) groups excluding carboxylic acids is 2. The van der Waals surface area contributed by atoms with Gasteiger partial charge in [0.2, 0.25) is 5.13 Å². The maximum Gasteiger partial charge on any atom is 0.414 e. The van der Waals surface area contributed by atoms with Crippen LogP contribution in [0.2, 0.25) is 0 Å². The minimum atomic E-state index is -0.769. The Morgan fingerprint density at radius 3 is 2.67 bits per heavy atom. The van der Waals surface area contributed by atoms with Crippen LogP contribution in [0.4, 0.5) is 14.9 Å². The minimum absolute atomic E-state index is 0.0298. The van der Waals surface area contributed by atoms with Crippen molar-refractivity contribution in [3.8, 4) is 5.75 Å². The third kappa shape index (κ3) is 4.16. The molecule has 124 valence electrons. The molecule has 0 aliphatic heterocycles. The smallest absolute Gasteiger partial charge is 0.409 e. The predicted octanol–water partition coefficient (Wildman–Crippen LogP) is 3.04. The van der Waals surface area contributed by atoms with Gasteiger partial charge in [-0.2, -0.15) is 0 Å². The number of aromatic nitrogens is 1. The maximum absolute atomic E-state index is 12.1. The summed E-state index contributed by atoms with van der Waals surface area (Å²) < 4.78 is 5.08. The number of hydrogen-bond acceptors (Lipinski definition) is 8. The average molecular weight is 349 g/mol. The molecule has 2 aromatic rings. The highest BCUT2D eigenvalue weighted by atomic mass is 32.1. The Morgan fingerprint density at radius 2 is 2.04 bits per heavy atom. The second kappa shape index (κ2) is 7.37. The molecule has 0 fully saturated rings. The van der Waals surface area contributed by atoms with Crippen LogP contribution in [0.25, 0.3) is 0 Å². The van der Waals surface area contributed by atoms with Crippen LogP contribution in [0.15, 0.2) is 40.7 Å². The summed E-state index contributed by atoms with van der Waals surface area (Å²) in [6.45, 7) is 0. The van der Waals surface area contributed by atoms with Gasteiger partial charge in [-0.1, -0.05) is 12.1 Å². The molecule has 11 heteroatoms. The van der Waals surface area contributed by atoms with Crippen LogP contribution in [0.5, 0.6) is 5.75 Å². The minimum Gasteiger partial charge on any atom is -0.409 e. The molecule has 0 N–H and O–H groups in total. The number of para-hydroxylation sites is 1. The monoisotopic (exact) mass is 349 g/mol. The standard InChI is InChI=1S/C13H11N5O5S/c1-17(2)13(20)23-9-6-4-3-5-8(9)11(19)15-16-12-14-7-10(24-12)18(21)22/h3-7H,1-2H3. The highest BCUT2D eigenvalue weighted by Gasteiger charge is 2.16. The van der Waals surface area contributed by atoms with Gasteiger partial charge in [-0.15, -0.1) is 10.2 Å². The first kappa shape index (κ1) is 17.1. The Labute approximate surface area is 139 Å². The summed E-state index contributed by atoms with van der Waals surface area (Å²) >= 11 is 0.682. The molecule has 0 spiro atoms. The maximum atomic E-state index is 12.1. The molecule has 0 unspecified atom stereocenters. The van der Waals surface area contributed by atoms with Gasteiger partial charge < -0.3 is 9.64 Å². The zero-order valence-electron chi connectivity index (χ0n) is 12.6. The second-order valence-corrected chi connectivity index (χ2v) is 5.49. The fraction of sp³-hybridized carbons (Fsp3) is 0.154. The molecule has 2 rings (SSSR count). The van der Waals surface area contributed by atoms with E-state index in [1.54, 1.807) is 12.1 Å². The number of hydrogen-bond donors (Lipinski definition) is 0. The lowest BCUT2D eigenvalue weighted by Gasteiger charge is -2.12. The van der Waals surface area contributed by atoms with E-state index in [0.717, 1.165) is 6.20 Å². The largest absolute Gasteiger partial charge is 0.414 e. The molecule has 1 heterocycles. The Balaban J connectivity index is 2.18. The van der Waals surface area contributed by atoms with Crippen LogP contribution in [0.1, 0.15) is 10.4 Å². The number of azo groups is 1. The third-order valence-corrected chi connectivity index (χ3v) is 3.40. The molecule has 0 saturated carbocycles. The molecular weight excluding hydrogens is 338 g/mol. The summed E-state index contributed by atoms with van der Waals surface area (Å²) in [6.07, 6.45) is 0.374. The van der Waals surface area contributed by atoms with Gasteiger partial charge >= 0.3 is 11.1 Å². The van der Waals surface area contributed by atoms with E-state index in [9.17, 15) is 19.7 Å². The lowest BCUT2D eigenvalue weighted by molar-refractivity contribution is -0.380. The van der Waals surface area contributed by atoms with E-state index in [-0.39, 0.29) is 21.4 Å². The van der Waals surface area contributed by atoms with Gasteiger partial charge in [0.25, 0.3) is 5.91 Å². The van der Waals surface area contributed by atoms with Crippen molar-refractivity contribution in [2.45, 2.75) is 0 Å². The van der Waals surface area contributed by atoms with Gasteiger partial charge in [-0.05, 0) is 23.5 Å².